The van der Waals surface area contributed by atoms with Gasteiger partial charge in [0.1, 0.15) is 13.1 Å². The molecule has 1 fully saturated rings. The number of carboxylic acids is 1. The van der Waals surface area contributed by atoms with Gasteiger partial charge in [0, 0.05) is 19.3 Å². The van der Waals surface area contributed by atoms with Crippen LogP contribution in [0.2, 0.25) is 0 Å². The summed E-state index contributed by atoms with van der Waals surface area (Å²) < 4.78 is 42.3. The van der Waals surface area contributed by atoms with Crippen LogP contribution in [0.5, 0.6) is 0 Å². The van der Waals surface area contributed by atoms with Gasteiger partial charge in [-0.25, -0.2) is 4.79 Å². The Morgan fingerprint density at radius 2 is 1.95 bits per heavy atom. The van der Waals surface area contributed by atoms with Crippen LogP contribution in [0.15, 0.2) is 0 Å². The molecule has 21 heavy (non-hydrogen) atoms. The van der Waals surface area contributed by atoms with Crippen molar-refractivity contribution in [3.05, 3.63) is 0 Å². The van der Waals surface area contributed by atoms with Crippen LogP contribution in [0.3, 0.4) is 0 Å². The number of nitrogens with one attached hydrogen (secondary N) is 1. The van der Waals surface area contributed by atoms with Crippen LogP contribution in [0.25, 0.3) is 0 Å². The molecule has 1 aliphatic rings. The molecule has 122 valence electrons. The Labute approximate surface area is 120 Å². The largest absolute Gasteiger partial charge is 0.480 e. The summed E-state index contributed by atoms with van der Waals surface area (Å²) in [5.41, 5.74) is 0. The SMILES string of the molecule is CC(NC(=O)N(CC(=O)O)CC(F)(F)F)C1CCOCC1. The first-order valence-electron chi connectivity index (χ1n) is 6.61. The van der Waals surface area contributed by atoms with Crippen LogP contribution in [0.1, 0.15) is 19.8 Å². The molecular weight excluding hydrogens is 293 g/mol. The predicted octanol–water partition coefficient (Wildman–Crippen LogP) is 1.46. The molecule has 9 heteroatoms. The Bertz CT molecular complexity index is 370. The van der Waals surface area contributed by atoms with Gasteiger partial charge in [-0.05, 0) is 25.7 Å². The number of alkyl halides is 3. The van der Waals surface area contributed by atoms with E-state index in [1.807, 2.05) is 0 Å². The molecule has 0 aromatic heterocycles. The lowest BCUT2D eigenvalue weighted by molar-refractivity contribution is -0.149. The van der Waals surface area contributed by atoms with Crippen LogP contribution in [0, 0.1) is 5.92 Å². The summed E-state index contributed by atoms with van der Waals surface area (Å²) in [6, 6.07) is -1.36. The van der Waals surface area contributed by atoms with E-state index in [1.165, 1.54) is 0 Å². The highest BCUT2D eigenvalue weighted by Crippen LogP contribution is 2.20. The summed E-state index contributed by atoms with van der Waals surface area (Å²) in [5, 5.41) is 11.1. The maximum Gasteiger partial charge on any atom is 0.406 e. The Kier molecular flexibility index (Phi) is 6.25. The second-order valence-electron chi connectivity index (χ2n) is 5.05. The third-order valence-electron chi connectivity index (χ3n) is 3.31. The van der Waals surface area contributed by atoms with Gasteiger partial charge >= 0.3 is 18.2 Å². The molecule has 0 spiro atoms. The Morgan fingerprint density at radius 1 is 1.38 bits per heavy atom. The second kappa shape index (κ2) is 7.48. The van der Waals surface area contributed by atoms with Crippen LogP contribution in [-0.4, -0.2) is 60.5 Å². The smallest absolute Gasteiger partial charge is 0.406 e. The zero-order valence-corrected chi connectivity index (χ0v) is 11.7. The molecular formula is C12H19F3N2O4. The van der Waals surface area contributed by atoms with E-state index in [-0.39, 0.29) is 16.9 Å². The normalized spacial score (nSPS) is 18.1. The number of amides is 2. The summed E-state index contributed by atoms with van der Waals surface area (Å²) in [6.07, 6.45) is -3.23. The van der Waals surface area contributed by atoms with E-state index in [0.717, 1.165) is 0 Å². The van der Waals surface area contributed by atoms with Crippen molar-refractivity contribution in [2.75, 3.05) is 26.3 Å². The molecule has 1 rings (SSSR count). The molecule has 0 saturated carbocycles. The Morgan fingerprint density at radius 3 is 2.43 bits per heavy atom. The monoisotopic (exact) mass is 312 g/mol. The topological polar surface area (TPSA) is 78.9 Å². The van der Waals surface area contributed by atoms with Crippen LogP contribution < -0.4 is 5.32 Å². The highest BCUT2D eigenvalue weighted by Gasteiger charge is 2.35. The molecule has 1 atom stereocenters. The van der Waals surface area contributed by atoms with Gasteiger partial charge in [-0.15, -0.1) is 0 Å². The lowest BCUT2D eigenvalue weighted by Crippen LogP contribution is -2.51. The number of aliphatic carboxylic acids is 1. The lowest BCUT2D eigenvalue weighted by Gasteiger charge is -2.30. The minimum Gasteiger partial charge on any atom is -0.480 e. The average Bonchev–Trinajstić information content (AvgIpc) is 2.36. The molecule has 1 heterocycles. The zero-order valence-electron chi connectivity index (χ0n) is 11.7. The summed E-state index contributed by atoms with van der Waals surface area (Å²) in [7, 11) is 0. The van der Waals surface area contributed by atoms with E-state index in [1.54, 1.807) is 6.92 Å². The van der Waals surface area contributed by atoms with Crippen molar-refractivity contribution in [1.29, 1.82) is 0 Å². The molecule has 6 nitrogen and oxygen atoms in total. The fourth-order valence-corrected chi connectivity index (χ4v) is 2.20. The van der Waals surface area contributed by atoms with Gasteiger partial charge in [-0.2, -0.15) is 13.2 Å². The number of hydrogen-bond donors (Lipinski definition) is 2. The van der Waals surface area contributed by atoms with Crippen molar-refractivity contribution in [3.8, 4) is 0 Å². The van der Waals surface area contributed by atoms with Crippen molar-refractivity contribution in [2.45, 2.75) is 32.0 Å². The number of hydrogen-bond acceptors (Lipinski definition) is 3. The quantitative estimate of drug-likeness (QED) is 0.805. The molecule has 0 radical (unpaired) electrons. The minimum absolute atomic E-state index is 0.111. The van der Waals surface area contributed by atoms with Gasteiger partial charge in [-0.3, -0.25) is 4.79 Å². The van der Waals surface area contributed by atoms with Crippen LogP contribution in [-0.2, 0) is 9.53 Å². The molecule has 0 bridgehead atoms. The number of carbonyl (C=O) groups is 2. The maximum atomic E-state index is 12.4. The van der Waals surface area contributed by atoms with Gasteiger partial charge in [0.15, 0.2) is 0 Å². The first-order valence-corrected chi connectivity index (χ1v) is 6.61. The van der Waals surface area contributed by atoms with Crippen LogP contribution in [0.4, 0.5) is 18.0 Å². The van der Waals surface area contributed by atoms with Crippen LogP contribution >= 0.6 is 0 Å². The number of nitrogens with zero attached hydrogens (tertiary/aromatic N) is 1. The first kappa shape index (κ1) is 17.5. The van der Waals surface area contributed by atoms with Gasteiger partial charge in [-0.1, -0.05) is 0 Å². The minimum atomic E-state index is -4.64. The molecule has 0 aromatic rings. The number of halogens is 3. The van der Waals surface area contributed by atoms with Gasteiger partial charge in [0.05, 0.1) is 0 Å². The fraction of sp³-hybridized carbons (Fsp3) is 0.833. The average molecular weight is 312 g/mol. The highest BCUT2D eigenvalue weighted by atomic mass is 19.4. The van der Waals surface area contributed by atoms with Gasteiger partial charge < -0.3 is 20.1 Å². The molecule has 1 aliphatic heterocycles. The van der Waals surface area contributed by atoms with E-state index < -0.39 is 31.3 Å². The summed E-state index contributed by atoms with van der Waals surface area (Å²) in [5.74, 6) is -1.38. The van der Waals surface area contributed by atoms with E-state index in [4.69, 9.17) is 9.84 Å². The first-order chi connectivity index (χ1) is 9.69. The molecule has 1 unspecified atom stereocenters. The zero-order chi connectivity index (χ0) is 16.0. The number of rotatable bonds is 5. The summed E-state index contributed by atoms with van der Waals surface area (Å²) >= 11 is 0. The maximum absolute atomic E-state index is 12.4. The third-order valence-corrected chi connectivity index (χ3v) is 3.31. The lowest BCUT2D eigenvalue weighted by atomic mass is 9.93. The van der Waals surface area contributed by atoms with E-state index in [9.17, 15) is 22.8 Å². The van der Waals surface area contributed by atoms with Crippen molar-refractivity contribution >= 4 is 12.0 Å². The molecule has 2 amide bonds. The number of carboxylic acid groups (broad SMARTS) is 1. The molecule has 2 N–H and O–H groups in total. The van der Waals surface area contributed by atoms with E-state index in [0.29, 0.717) is 26.1 Å². The Hall–Kier alpha value is -1.51. The van der Waals surface area contributed by atoms with E-state index in [2.05, 4.69) is 5.32 Å². The molecule has 1 saturated heterocycles. The fourth-order valence-electron chi connectivity index (χ4n) is 2.20. The van der Waals surface area contributed by atoms with Crippen molar-refractivity contribution in [2.24, 2.45) is 5.92 Å². The van der Waals surface area contributed by atoms with Crippen molar-refractivity contribution < 1.29 is 32.6 Å². The second-order valence-corrected chi connectivity index (χ2v) is 5.05. The highest BCUT2D eigenvalue weighted by molar-refractivity contribution is 5.80. The van der Waals surface area contributed by atoms with Gasteiger partial charge in [0.2, 0.25) is 0 Å². The number of urea groups is 1. The third kappa shape index (κ3) is 6.65. The summed E-state index contributed by atoms with van der Waals surface area (Å²) in [6.45, 7) is 0.205. The number of carbonyl (C=O) groups excluding carboxylic acids is 1. The number of ether oxygens (including phenoxy) is 1. The molecule has 0 aliphatic carbocycles. The van der Waals surface area contributed by atoms with Gasteiger partial charge in [0.25, 0.3) is 0 Å². The van der Waals surface area contributed by atoms with Crippen molar-refractivity contribution in [3.63, 3.8) is 0 Å². The standard InChI is InChI=1S/C12H19F3N2O4/c1-8(9-2-4-21-5-3-9)16-11(20)17(6-10(18)19)7-12(13,14)15/h8-9H,2-7H2,1H3,(H,16,20)(H,18,19). The molecule has 0 aromatic carbocycles. The van der Waals surface area contributed by atoms with E-state index >= 15 is 0 Å². The Balaban J connectivity index is 2.59. The van der Waals surface area contributed by atoms with Crippen molar-refractivity contribution in [1.82, 2.24) is 10.2 Å². The summed E-state index contributed by atoms with van der Waals surface area (Å²) in [4.78, 5) is 22.7. The predicted molar refractivity (Wildman–Crippen MR) is 66.8 cm³/mol.